The largest absolute Gasteiger partial charge is 0.458 e. The summed E-state index contributed by atoms with van der Waals surface area (Å²) in [5.41, 5.74) is 1.14. The zero-order valence-corrected chi connectivity index (χ0v) is 13.0. The van der Waals surface area contributed by atoms with Crippen molar-refractivity contribution in [1.29, 1.82) is 0 Å². The number of benzene rings is 1. The topological polar surface area (TPSA) is 65.0 Å². The summed E-state index contributed by atoms with van der Waals surface area (Å²) in [4.78, 5) is 28.1. The van der Waals surface area contributed by atoms with E-state index < -0.39 is 11.9 Å². The van der Waals surface area contributed by atoms with Crippen LogP contribution >= 0.6 is 0 Å². The molecule has 21 heavy (non-hydrogen) atoms. The van der Waals surface area contributed by atoms with Crippen molar-refractivity contribution >= 4 is 23.3 Å². The van der Waals surface area contributed by atoms with Crippen LogP contribution in [-0.4, -0.2) is 29.9 Å². The Morgan fingerprint density at radius 3 is 1.95 bits per heavy atom. The molecule has 1 aromatic carbocycles. The summed E-state index contributed by atoms with van der Waals surface area (Å²) >= 11 is 0. The van der Waals surface area contributed by atoms with Gasteiger partial charge >= 0.3 is 11.9 Å². The number of esters is 2. The molecule has 0 unspecified atom stereocenters. The van der Waals surface area contributed by atoms with Gasteiger partial charge in [0, 0.05) is 0 Å². The minimum absolute atomic E-state index is 0.341. The van der Waals surface area contributed by atoms with Gasteiger partial charge in [0.05, 0.1) is 17.9 Å². The van der Waals surface area contributed by atoms with Gasteiger partial charge in [-0.2, -0.15) is 0 Å². The third-order valence-corrected chi connectivity index (χ3v) is 2.31. The van der Waals surface area contributed by atoms with E-state index in [4.69, 9.17) is 9.47 Å². The number of ether oxygens (including phenoxy) is 2. The Kier molecular flexibility index (Phi) is 6.09. The Morgan fingerprint density at radius 2 is 1.52 bits per heavy atom. The van der Waals surface area contributed by atoms with Crippen LogP contribution in [-0.2, 0) is 19.1 Å². The number of hydrogen-bond acceptors (Lipinski definition) is 5. The van der Waals surface area contributed by atoms with Gasteiger partial charge in [0.15, 0.2) is 0 Å². The van der Waals surface area contributed by atoms with Crippen LogP contribution in [0.15, 0.2) is 29.3 Å². The zero-order valence-electron chi connectivity index (χ0n) is 13.0. The smallest absolute Gasteiger partial charge is 0.364 e. The summed E-state index contributed by atoms with van der Waals surface area (Å²) in [5, 5.41) is 0. The van der Waals surface area contributed by atoms with E-state index in [-0.39, 0.29) is 17.9 Å². The minimum Gasteiger partial charge on any atom is -0.458 e. The SMILES string of the molecule is Cc1cccc(N=C(C(=O)OC(C)C)C(=O)OC(C)C)c1. The lowest BCUT2D eigenvalue weighted by atomic mass is 10.2. The minimum atomic E-state index is -0.780. The van der Waals surface area contributed by atoms with Crippen LogP contribution in [0.25, 0.3) is 0 Å². The molecule has 0 N–H and O–H groups in total. The average molecular weight is 291 g/mol. The van der Waals surface area contributed by atoms with Crippen molar-refractivity contribution < 1.29 is 19.1 Å². The second-order valence-corrected chi connectivity index (χ2v) is 5.21. The molecule has 0 saturated heterocycles. The summed E-state index contributed by atoms with van der Waals surface area (Å²) in [5.74, 6) is -1.56. The molecule has 0 amide bonds. The van der Waals surface area contributed by atoms with E-state index in [0.29, 0.717) is 5.69 Å². The molecule has 0 aliphatic carbocycles. The highest BCUT2D eigenvalue weighted by Gasteiger charge is 2.25. The zero-order chi connectivity index (χ0) is 16.0. The molecule has 0 atom stereocenters. The maximum Gasteiger partial charge on any atom is 0.364 e. The molecule has 5 nitrogen and oxygen atoms in total. The maximum atomic E-state index is 12.0. The molecule has 0 aliphatic rings. The number of aryl methyl sites for hydroxylation is 1. The van der Waals surface area contributed by atoms with Crippen molar-refractivity contribution in [2.24, 2.45) is 4.99 Å². The van der Waals surface area contributed by atoms with Gasteiger partial charge in [0.2, 0.25) is 5.71 Å². The van der Waals surface area contributed by atoms with Crippen LogP contribution in [0.1, 0.15) is 33.3 Å². The van der Waals surface area contributed by atoms with E-state index in [2.05, 4.69) is 4.99 Å². The quantitative estimate of drug-likeness (QED) is 0.475. The van der Waals surface area contributed by atoms with Crippen LogP contribution in [0.4, 0.5) is 5.69 Å². The second kappa shape index (κ2) is 7.57. The van der Waals surface area contributed by atoms with Crippen molar-refractivity contribution in [3.8, 4) is 0 Å². The average Bonchev–Trinajstić information content (AvgIpc) is 2.34. The summed E-state index contributed by atoms with van der Waals surface area (Å²) < 4.78 is 10.1. The van der Waals surface area contributed by atoms with Crippen LogP contribution in [0.2, 0.25) is 0 Å². The van der Waals surface area contributed by atoms with E-state index in [1.165, 1.54) is 0 Å². The molecule has 5 heteroatoms. The van der Waals surface area contributed by atoms with Crippen molar-refractivity contribution in [3.63, 3.8) is 0 Å². The fourth-order valence-corrected chi connectivity index (χ4v) is 1.54. The summed E-state index contributed by atoms with van der Waals surface area (Å²) in [6.45, 7) is 8.72. The molecule has 0 aliphatic heterocycles. The normalized spacial score (nSPS) is 10.4. The van der Waals surface area contributed by atoms with Gasteiger partial charge in [0.25, 0.3) is 0 Å². The van der Waals surface area contributed by atoms with Crippen LogP contribution in [0, 0.1) is 6.92 Å². The molecular formula is C16H21NO4. The number of hydrogen-bond donors (Lipinski definition) is 0. The molecule has 114 valence electrons. The Morgan fingerprint density at radius 1 is 1.00 bits per heavy atom. The van der Waals surface area contributed by atoms with Gasteiger partial charge in [-0.15, -0.1) is 0 Å². The highest BCUT2D eigenvalue weighted by atomic mass is 16.6. The Bertz CT molecular complexity index is 523. The van der Waals surface area contributed by atoms with E-state index in [1.54, 1.807) is 45.9 Å². The van der Waals surface area contributed by atoms with Crippen molar-refractivity contribution in [1.82, 2.24) is 0 Å². The first-order valence-corrected chi connectivity index (χ1v) is 6.87. The molecule has 0 fully saturated rings. The first-order valence-electron chi connectivity index (χ1n) is 6.87. The lowest BCUT2D eigenvalue weighted by molar-refractivity contribution is -0.144. The standard InChI is InChI=1S/C16H21NO4/c1-10(2)20-15(18)14(16(19)21-11(3)4)17-13-8-6-7-12(5)9-13/h6-11H,1-5H3. The van der Waals surface area contributed by atoms with Gasteiger partial charge in [-0.3, -0.25) is 0 Å². The third-order valence-electron chi connectivity index (χ3n) is 2.31. The van der Waals surface area contributed by atoms with Gasteiger partial charge in [-0.05, 0) is 52.3 Å². The number of aliphatic imine (C=N–C) groups is 1. The molecule has 0 saturated carbocycles. The summed E-state index contributed by atoms with van der Waals surface area (Å²) in [6, 6.07) is 7.18. The Hall–Kier alpha value is -2.17. The lowest BCUT2D eigenvalue weighted by Gasteiger charge is -2.12. The number of rotatable bonds is 5. The molecule has 0 bridgehead atoms. The molecule has 1 rings (SSSR count). The second-order valence-electron chi connectivity index (χ2n) is 5.21. The highest BCUT2D eigenvalue weighted by molar-refractivity contribution is 6.63. The molecule has 0 aromatic heterocycles. The number of nitrogens with zero attached hydrogens (tertiary/aromatic N) is 1. The maximum absolute atomic E-state index is 12.0. The Balaban J connectivity index is 3.11. The molecule has 0 heterocycles. The van der Waals surface area contributed by atoms with E-state index in [0.717, 1.165) is 5.56 Å². The predicted molar refractivity (Wildman–Crippen MR) is 80.7 cm³/mol. The van der Waals surface area contributed by atoms with Gasteiger partial charge < -0.3 is 9.47 Å². The highest BCUT2D eigenvalue weighted by Crippen LogP contribution is 2.15. The third kappa shape index (κ3) is 5.77. The van der Waals surface area contributed by atoms with E-state index in [1.807, 2.05) is 13.0 Å². The van der Waals surface area contributed by atoms with Crippen LogP contribution in [0.3, 0.4) is 0 Å². The first kappa shape index (κ1) is 16.9. The lowest BCUT2D eigenvalue weighted by Crippen LogP contribution is -2.31. The van der Waals surface area contributed by atoms with Crippen molar-refractivity contribution in [2.45, 2.75) is 46.8 Å². The van der Waals surface area contributed by atoms with Crippen LogP contribution in [0.5, 0.6) is 0 Å². The Labute approximate surface area is 125 Å². The van der Waals surface area contributed by atoms with Gasteiger partial charge in [-0.25, -0.2) is 14.6 Å². The first-order chi connectivity index (χ1) is 9.79. The molecule has 0 spiro atoms. The predicted octanol–water partition coefficient (Wildman–Crippen LogP) is 2.97. The number of carbonyl (C=O) groups is 2. The van der Waals surface area contributed by atoms with Crippen LogP contribution < -0.4 is 0 Å². The monoisotopic (exact) mass is 291 g/mol. The molecular weight excluding hydrogens is 270 g/mol. The fraction of sp³-hybridized carbons (Fsp3) is 0.438. The molecule has 1 aromatic rings. The van der Waals surface area contributed by atoms with Crippen molar-refractivity contribution in [3.05, 3.63) is 29.8 Å². The van der Waals surface area contributed by atoms with Crippen molar-refractivity contribution in [2.75, 3.05) is 0 Å². The summed E-state index contributed by atoms with van der Waals surface area (Å²) in [7, 11) is 0. The van der Waals surface area contributed by atoms with E-state index in [9.17, 15) is 9.59 Å². The fourth-order valence-electron chi connectivity index (χ4n) is 1.54. The van der Waals surface area contributed by atoms with E-state index >= 15 is 0 Å². The van der Waals surface area contributed by atoms with Gasteiger partial charge in [0.1, 0.15) is 0 Å². The van der Waals surface area contributed by atoms with Gasteiger partial charge in [-0.1, -0.05) is 12.1 Å². The summed E-state index contributed by atoms with van der Waals surface area (Å²) in [6.07, 6.45) is -0.681. The number of carbonyl (C=O) groups excluding carboxylic acids is 2. The molecule has 0 radical (unpaired) electrons.